The lowest BCUT2D eigenvalue weighted by Crippen LogP contribution is -2.68. The molecule has 10 nitrogen and oxygen atoms in total. The van der Waals surface area contributed by atoms with Crippen LogP contribution in [0.25, 0.3) is 32.9 Å². The molecule has 4 fully saturated rings. The van der Waals surface area contributed by atoms with Gasteiger partial charge in [-0.1, -0.05) is 0 Å². The number of nitrogens with two attached hydrogens (primary N) is 1. The minimum absolute atomic E-state index is 0.0301. The molecule has 8 heterocycles. The van der Waals surface area contributed by atoms with Gasteiger partial charge >= 0.3 is 6.01 Å². The largest absolute Gasteiger partial charge is 0.461 e. The summed E-state index contributed by atoms with van der Waals surface area (Å²) in [5, 5.41) is 3.81. The molecule has 4 saturated heterocycles. The van der Waals surface area contributed by atoms with E-state index >= 15 is 13.2 Å². The summed E-state index contributed by atoms with van der Waals surface area (Å²) in [6, 6.07) is 4.25. The molecule has 9 rings (SSSR count). The second-order valence-electron chi connectivity index (χ2n) is 14.2. The number of pyridine rings is 2. The van der Waals surface area contributed by atoms with Gasteiger partial charge in [0.05, 0.1) is 34.6 Å². The standard InChI is InChI=1S/C34H37F3N8O2/c1-43-14-7-19-15-20(38)16-21(24(19)30(43)46)27-26(35)28-25-22(39-27)5-2-6-23-34(37)11-10-33(36,42-34)17-45(23)29(25)41-31(40-28)47-18-32-8-3-12-44(32)13-4-9-32/h7,14-16,23,42H,2-6,8-13,17-18,38H2,1H3/t23-,33-,34+/m1/s1. The Morgan fingerprint density at radius 2 is 1.87 bits per heavy atom. The SMILES string of the molecule is Cn1ccc2cc(N)cc(-c3nc4c5c(nc(OCC67CCCN6CCC7)nc5c3F)N3C[C@@]5(F)CC[C@](F)(N5)[C@H]3CCC4)c2c1=O. The van der Waals surface area contributed by atoms with Crippen LogP contribution in [0.5, 0.6) is 6.01 Å². The molecular formula is C34H37F3N8O2. The molecule has 0 radical (unpaired) electrons. The van der Waals surface area contributed by atoms with Crippen LogP contribution in [0.4, 0.5) is 24.7 Å². The summed E-state index contributed by atoms with van der Waals surface area (Å²) in [6.07, 6.45) is 7.17. The fraction of sp³-hybridized carbons (Fsp3) is 0.529. The molecule has 5 aliphatic heterocycles. The van der Waals surface area contributed by atoms with Crippen molar-refractivity contribution in [1.29, 1.82) is 0 Å². The number of aromatic nitrogens is 4. The molecule has 0 amide bonds. The zero-order chi connectivity index (χ0) is 32.3. The first-order valence-electron chi connectivity index (χ1n) is 16.7. The Morgan fingerprint density at radius 3 is 2.68 bits per heavy atom. The van der Waals surface area contributed by atoms with E-state index < -0.39 is 23.4 Å². The van der Waals surface area contributed by atoms with Crippen molar-refractivity contribution >= 4 is 33.2 Å². The smallest absolute Gasteiger partial charge is 0.319 e. The summed E-state index contributed by atoms with van der Waals surface area (Å²) in [5.41, 5.74) is 6.85. The van der Waals surface area contributed by atoms with Crippen molar-refractivity contribution in [2.75, 3.05) is 36.9 Å². The molecule has 3 N–H and O–H groups in total. The number of nitrogens with one attached hydrogen (secondary N) is 1. The maximum Gasteiger partial charge on any atom is 0.319 e. The lowest BCUT2D eigenvalue weighted by Gasteiger charge is -2.47. The molecule has 47 heavy (non-hydrogen) atoms. The van der Waals surface area contributed by atoms with E-state index in [0.29, 0.717) is 48.0 Å². The van der Waals surface area contributed by atoms with Gasteiger partial charge in [-0.15, -0.1) is 0 Å². The van der Waals surface area contributed by atoms with Crippen LogP contribution >= 0.6 is 0 Å². The van der Waals surface area contributed by atoms with Crippen molar-refractivity contribution in [1.82, 2.24) is 29.7 Å². The van der Waals surface area contributed by atoms with Gasteiger partial charge in [-0.3, -0.25) is 9.69 Å². The number of hydrogen-bond donors (Lipinski definition) is 2. The molecule has 0 saturated carbocycles. The highest BCUT2D eigenvalue weighted by Crippen LogP contribution is 2.49. The van der Waals surface area contributed by atoms with E-state index in [1.54, 1.807) is 36.3 Å². The van der Waals surface area contributed by atoms with Gasteiger partial charge in [-0.25, -0.2) is 23.5 Å². The molecule has 4 aromatic rings. The monoisotopic (exact) mass is 646 g/mol. The van der Waals surface area contributed by atoms with Crippen LogP contribution in [-0.2, 0) is 13.5 Å². The number of benzene rings is 1. The molecule has 3 atom stereocenters. The number of anilines is 2. The molecular weight excluding hydrogens is 609 g/mol. The topological polar surface area (TPSA) is 114 Å². The Labute approximate surface area is 269 Å². The van der Waals surface area contributed by atoms with Gasteiger partial charge in [0.25, 0.3) is 5.56 Å². The minimum atomic E-state index is -1.96. The summed E-state index contributed by atoms with van der Waals surface area (Å²) in [6.45, 7) is 2.21. The van der Waals surface area contributed by atoms with E-state index in [1.165, 1.54) is 4.57 Å². The fourth-order valence-electron chi connectivity index (χ4n) is 9.12. The quantitative estimate of drug-likeness (QED) is 0.244. The zero-order valence-electron chi connectivity index (χ0n) is 26.3. The summed E-state index contributed by atoms with van der Waals surface area (Å²) < 4.78 is 57.3. The van der Waals surface area contributed by atoms with Crippen LogP contribution in [-0.4, -0.2) is 73.8 Å². The summed E-state index contributed by atoms with van der Waals surface area (Å²) >= 11 is 0. The normalized spacial score (nSPS) is 28.0. The van der Waals surface area contributed by atoms with Gasteiger partial charge in [0.2, 0.25) is 0 Å². The molecule has 0 aliphatic carbocycles. The van der Waals surface area contributed by atoms with Crippen molar-refractivity contribution in [3.05, 3.63) is 46.3 Å². The van der Waals surface area contributed by atoms with Gasteiger partial charge < -0.3 is 19.9 Å². The van der Waals surface area contributed by atoms with Crippen LogP contribution in [0.2, 0.25) is 0 Å². The van der Waals surface area contributed by atoms with Crippen LogP contribution in [0, 0.1) is 5.82 Å². The number of ether oxygens (including phenoxy) is 1. The van der Waals surface area contributed by atoms with Crippen molar-refractivity contribution in [3.8, 4) is 17.3 Å². The predicted octanol–water partition coefficient (Wildman–Crippen LogP) is 4.51. The van der Waals surface area contributed by atoms with E-state index in [1.807, 2.05) is 0 Å². The average Bonchev–Trinajstić information content (AvgIpc) is 3.69. The van der Waals surface area contributed by atoms with Crippen LogP contribution in [0.15, 0.2) is 29.2 Å². The minimum Gasteiger partial charge on any atom is -0.461 e. The Hall–Kier alpha value is -3.97. The van der Waals surface area contributed by atoms with Crippen molar-refractivity contribution < 1.29 is 17.9 Å². The highest BCUT2D eigenvalue weighted by atomic mass is 19.2. The number of halogens is 3. The number of hydrogen-bond acceptors (Lipinski definition) is 9. The summed E-state index contributed by atoms with van der Waals surface area (Å²) in [4.78, 5) is 31.8. The Kier molecular flexibility index (Phi) is 6.22. The number of piperazine rings is 1. The van der Waals surface area contributed by atoms with Crippen molar-refractivity contribution in [2.45, 2.75) is 81.0 Å². The average molecular weight is 647 g/mol. The number of rotatable bonds is 4. The second kappa shape index (κ2) is 10.0. The van der Waals surface area contributed by atoms with E-state index in [9.17, 15) is 4.79 Å². The summed E-state index contributed by atoms with van der Waals surface area (Å²) in [5.74, 6) is -4.45. The highest BCUT2D eigenvalue weighted by Gasteiger charge is 2.60. The maximum absolute atomic E-state index is 17.1. The molecule has 1 aromatic carbocycles. The highest BCUT2D eigenvalue weighted by molar-refractivity contribution is 6.01. The first kappa shape index (κ1) is 29.2. The van der Waals surface area contributed by atoms with E-state index in [-0.39, 0.29) is 64.5 Å². The number of alkyl halides is 2. The molecule has 3 aromatic heterocycles. The first-order chi connectivity index (χ1) is 22.6. The number of nitrogens with zero attached hydrogens (tertiary/aromatic N) is 6. The predicted molar refractivity (Wildman–Crippen MR) is 172 cm³/mol. The van der Waals surface area contributed by atoms with Crippen molar-refractivity contribution in [3.63, 3.8) is 0 Å². The lowest BCUT2D eigenvalue weighted by molar-refractivity contribution is 0.00892. The van der Waals surface area contributed by atoms with E-state index in [2.05, 4.69) is 15.2 Å². The Balaban J connectivity index is 1.27. The van der Waals surface area contributed by atoms with Gasteiger partial charge in [0.1, 0.15) is 23.6 Å². The number of nitrogen functional groups attached to an aromatic ring is 1. The third-order valence-corrected chi connectivity index (χ3v) is 11.4. The molecule has 13 heteroatoms. The second-order valence-corrected chi connectivity index (χ2v) is 14.2. The van der Waals surface area contributed by atoms with Crippen molar-refractivity contribution in [2.24, 2.45) is 7.05 Å². The Bertz CT molecular complexity index is 2030. The molecule has 0 unspecified atom stereocenters. The number of aryl methyl sites for hydroxylation is 2. The maximum atomic E-state index is 17.1. The lowest BCUT2D eigenvalue weighted by atomic mass is 9.92. The molecule has 246 valence electrons. The zero-order valence-corrected chi connectivity index (χ0v) is 26.3. The van der Waals surface area contributed by atoms with Crippen LogP contribution in [0.1, 0.15) is 57.1 Å². The van der Waals surface area contributed by atoms with E-state index in [4.69, 9.17) is 20.4 Å². The van der Waals surface area contributed by atoms with Crippen LogP contribution < -0.4 is 26.2 Å². The third-order valence-electron chi connectivity index (χ3n) is 11.4. The van der Waals surface area contributed by atoms with Crippen LogP contribution in [0.3, 0.4) is 0 Å². The van der Waals surface area contributed by atoms with Gasteiger partial charge in [-0.05, 0) is 81.6 Å². The van der Waals surface area contributed by atoms with Gasteiger partial charge in [-0.2, -0.15) is 9.97 Å². The molecule has 0 spiro atoms. The fourth-order valence-corrected chi connectivity index (χ4v) is 9.12. The molecule has 5 aliphatic rings. The van der Waals surface area contributed by atoms with Gasteiger partial charge in [0.15, 0.2) is 17.4 Å². The number of fused-ring (bicyclic) bond motifs is 7. The third kappa shape index (κ3) is 4.31. The Morgan fingerprint density at radius 1 is 1.06 bits per heavy atom. The van der Waals surface area contributed by atoms with Gasteiger partial charge in [0, 0.05) is 37.3 Å². The first-order valence-corrected chi connectivity index (χ1v) is 16.7. The molecule has 2 bridgehead atoms. The summed E-state index contributed by atoms with van der Waals surface area (Å²) in [7, 11) is 1.63. The van der Waals surface area contributed by atoms with E-state index in [0.717, 1.165) is 38.8 Å².